The minimum atomic E-state index is -3.47. The number of rotatable bonds is 5. The summed E-state index contributed by atoms with van der Waals surface area (Å²) in [6, 6.07) is 8.61. The average molecular weight is 305 g/mol. The minimum Gasteiger partial charge on any atom is -0.313 e. The van der Waals surface area contributed by atoms with Crippen LogP contribution in [0, 0.1) is 11.3 Å². The average Bonchev–Trinajstić information content (AvgIpc) is 3.20. The SMILES string of the molecule is N#Cc1ccc(S(=O)(=O)N(CC2CCCN2)C2CC2)cc1. The van der Waals surface area contributed by atoms with Crippen LogP contribution >= 0.6 is 0 Å². The van der Waals surface area contributed by atoms with Gasteiger partial charge in [-0.2, -0.15) is 9.57 Å². The molecule has 1 atom stereocenters. The van der Waals surface area contributed by atoms with E-state index in [1.165, 1.54) is 12.1 Å². The summed E-state index contributed by atoms with van der Waals surface area (Å²) >= 11 is 0. The van der Waals surface area contributed by atoms with Gasteiger partial charge in [0.05, 0.1) is 16.5 Å². The third kappa shape index (κ3) is 3.10. The molecule has 1 saturated carbocycles. The third-order valence-electron chi connectivity index (χ3n) is 4.11. The Balaban J connectivity index is 1.83. The summed E-state index contributed by atoms with van der Waals surface area (Å²) < 4.78 is 27.3. The van der Waals surface area contributed by atoms with Crippen molar-refractivity contribution in [3.8, 4) is 6.07 Å². The first-order chi connectivity index (χ1) is 10.1. The number of nitrogens with one attached hydrogen (secondary N) is 1. The Bertz CT molecular complexity index is 638. The van der Waals surface area contributed by atoms with Gasteiger partial charge in [-0.15, -0.1) is 0 Å². The van der Waals surface area contributed by atoms with E-state index in [-0.39, 0.29) is 17.0 Å². The first kappa shape index (κ1) is 14.5. The Labute approximate surface area is 125 Å². The van der Waals surface area contributed by atoms with Crippen molar-refractivity contribution in [1.29, 1.82) is 5.26 Å². The van der Waals surface area contributed by atoms with E-state index in [4.69, 9.17) is 5.26 Å². The first-order valence-electron chi connectivity index (χ1n) is 7.36. The smallest absolute Gasteiger partial charge is 0.243 e. The van der Waals surface area contributed by atoms with Crippen LogP contribution in [0.3, 0.4) is 0 Å². The van der Waals surface area contributed by atoms with Crippen molar-refractivity contribution in [2.75, 3.05) is 13.1 Å². The molecule has 1 aliphatic heterocycles. The van der Waals surface area contributed by atoms with Crippen LogP contribution in [-0.2, 0) is 10.0 Å². The molecular formula is C15H19N3O2S. The monoisotopic (exact) mass is 305 g/mol. The van der Waals surface area contributed by atoms with Crippen molar-refractivity contribution in [3.63, 3.8) is 0 Å². The highest BCUT2D eigenvalue weighted by Gasteiger charge is 2.39. The van der Waals surface area contributed by atoms with Gasteiger partial charge in [0.1, 0.15) is 0 Å². The second kappa shape index (κ2) is 5.76. The zero-order valence-electron chi connectivity index (χ0n) is 11.8. The molecule has 1 saturated heterocycles. The second-order valence-corrected chi connectivity index (χ2v) is 7.63. The molecule has 2 aliphatic rings. The number of nitrogens with zero attached hydrogens (tertiary/aromatic N) is 2. The van der Waals surface area contributed by atoms with Crippen LogP contribution in [0.5, 0.6) is 0 Å². The van der Waals surface area contributed by atoms with E-state index in [1.54, 1.807) is 16.4 Å². The zero-order chi connectivity index (χ0) is 14.9. The molecule has 1 unspecified atom stereocenters. The van der Waals surface area contributed by atoms with Gasteiger partial charge in [-0.25, -0.2) is 8.42 Å². The summed E-state index contributed by atoms with van der Waals surface area (Å²) in [4.78, 5) is 0.284. The van der Waals surface area contributed by atoms with Crippen molar-refractivity contribution in [2.45, 2.75) is 42.7 Å². The van der Waals surface area contributed by atoms with Gasteiger partial charge in [-0.05, 0) is 56.5 Å². The van der Waals surface area contributed by atoms with Crippen molar-refractivity contribution >= 4 is 10.0 Å². The van der Waals surface area contributed by atoms with Gasteiger partial charge < -0.3 is 5.32 Å². The molecule has 6 heteroatoms. The highest BCUT2D eigenvalue weighted by atomic mass is 32.2. The molecule has 112 valence electrons. The van der Waals surface area contributed by atoms with Crippen LogP contribution < -0.4 is 5.32 Å². The van der Waals surface area contributed by atoms with Gasteiger partial charge in [-0.1, -0.05) is 0 Å². The van der Waals surface area contributed by atoms with E-state index >= 15 is 0 Å². The van der Waals surface area contributed by atoms with Crippen molar-refractivity contribution in [1.82, 2.24) is 9.62 Å². The molecule has 0 aromatic heterocycles. The Hall–Kier alpha value is -1.42. The van der Waals surface area contributed by atoms with E-state index in [2.05, 4.69) is 5.32 Å². The Morgan fingerprint density at radius 1 is 1.24 bits per heavy atom. The van der Waals surface area contributed by atoms with Gasteiger partial charge in [0.15, 0.2) is 0 Å². The molecule has 1 N–H and O–H groups in total. The van der Waals surface area contributed by atoms with Crippen LogP contribution in [-0.4, -0.2) is 37.9 Å². The minimum absolute atomic E-state index is 0.146. The second-order valence-electron chi connectivity index (χ2n) is 5.74. The fourth-order valence-electron chi connectivity index (χ4n) is 2.77. The number of benzene rings is 1. The lowest BCUT2D eigenvalue weighted by Crippen LogP contribution is -2.42. The van der Waals surface area contributed by atoms with Gasteiger partial charge >= 0.3 is 0 Å². The van der Waals surface area contributed by atoms with Gasteiger partial charge in [0.25, 0.3) is 0 Å². The maximum absolute atomic E-state index is 12.8. The van der Waals surface area contributed by atoms with Crippen LogP contribution in [0.4, 0.5) is 0 Å². The van der Waals surface area contributed by atoms with E-state index < -0.39 is 10.0 Å². The lowest BCUT2D eigenvalue weighted by Gasteiger charge is -2.25. The number of hydrogen-bond donors (Lipinski definition) is 1. The van der Waals surface area contributed by atoms with E-state index in [1.807, 2.05) is 6.07 Å². The highest BCUT2D eigenvalue weighted by molar-refractivity contribution is 7.89. The molecule has 0 spiro atoms. The first-order valence-corrected chi connectivity index (χ1v) is 8.80. The lowest BCUT2D eigenvalue weighted by molar-refractivity contribution is 0.363. The van der Waals surface area contributed by atoms with Crippen molar-refractivity contribution < 1.29 is 8.42 Å². The molecule has 0 radical (unpaired) electrons. The molecule has 1 aromatic carbocycles. The Morgan fingerprint density at radius 2 is 1.95 bits per heavy atom. The van der Waals surface area contributed by atoms with E-state index in [0.29, 0.717) is 12.1 Å². The lowest BCUT2D eigenvalue weighted by atomic mass is 10.2. The highest BCUT2D eigenvalue weighted by Crippen LogP contribution is 2.32. The molecule has 1 aromatic rings. The molecule has 5 nitrogen and oxygen atoms in total. The van der Waals surface area contributed by atoms with Gasteiger partial charge in [-0.3, -0.25) is 0 Å². The largest absolute Gasteiger partial charge is 0.313 e. The molecule has 2 fully saturated rings. The van der Waals surface area contributed by atoms with Crippen LogP contribution in [0.2, 0.25) is 0 Å². The van der Waals surface area contributed by atoms with Crippen LogP contribution in [0.25, 0.3) is 0 Å². The number of sulfonamides is 1. The van der Waals surface area contributed by atoms with Crippen LogP contribution in [0.15, 0.2) is 29.2 Å². The third-order valence-corrected chi connectivity index (χ3v) is 6.04. The summed E-state index contributed by atoms with van der Waals surface area (Å²) in [5.41, 5.74) is 0.476. The number of nitriles is 1. The van der Waals surface area contributed by atoms with E-state index in [9.17, 15) is 8.42 Å². The van der Waals surface area contributed by atoms with E-state index in [0.717, 1.165) is 32.2 Å². The van der Waals surface area contributed by atoms with Crippen molar-refractivity contribution in [3.05, 3.63) is 29.8 Å². The predicted octanol–water partition coefficient (Wildman–Crippen LogP) is 1.46. The molecule has 1 aliphatic carbocycles. The molecule has 3 rings (SSSR count). The Kier molecular flexibility index (Phi) is 3.98. The topological polar surface area (TPSA) is 73.2 Å². The molecular weight excluding hydrogens is 286 g/mol. The summed E-state index contributed by atoms with van der Waals surface area (Å²) in [6.07, 6.45) is 4.04. The normalized spacial score (nSPS) is 22.4. The molecule has 0 amide bonds. The van der Waals surface area contributed by atoms with Gasteiger partial charge in [0.2, 0.25) is 10.0 Å². The summed E-state index contributed by atoms with van der Waals surface area (Å²) in [5, 5.41) is 12.2. The summed E-state index contributed by atoms with van der Waals surface area (Å²) in [6.45, 7) is 1.52. The summed E-state index contributed by atoms with van der Waals surface area (Å²) in [5.74, 6) is 0. The van der Waals surface area contributed by atoms with Crippen molar-refractivity contribution in [2.24, 2.45) is 0 Å². The molecule has 21 heavy (non-hydrogen) atoms. The van der Waals surface area contributed by atoms with Crippen LogP contribution in [0.1, 0.15) is 31.2 Å². The summed E-state index contributed by atoms with van der Waals surface area (Å²) in [7, 11) is -3.47. The van der Waals surface area contributed by atoms with Gasteiger partial charge in [0, 0.05) is 18.6 Å². The molecule has 0 bridgehead atoms. The fourth-order valence-corrected chi connectivity index (χ4v) is 4.50. The maximum Gasteiger partial charge on any atom is 0.243 e. The molecule has 1 heterocycles. The number of hydrogen-bond acceptors (Lipinski definition) is 4. The standard InChI is InChI=1S/C15H19N3O2S/c16-10-12-3-7-15(8-4-12)21(19,20)18(14-5-6-14)11-13-2-1-9-17-13/h3-4,7-8,13-14,17H,1-2,5-6,9,11H2. The maximum atomic E-state index is 12.8. The Morgan fingerprint density at radius 3 is 2.48 bits per heavy atom. The zero-order valence-corrected chi connectivity index (χ0v) is 12.6. The predicted molar refractivity (Wildman–Crippen MR) is 79.1 cm³/mol. The quantitative estimate of drug-likeness (QED) is 0.894. The fraction of sp³-hybridized carbons (Fsp3) is 0.533.